The number of hydrogen-bond donors (Lipinski definition) is 1. The second kappa shape index (κ2) is 5.01. The molecule has 2 aliphatic heterocycles. The quantitative estimate of drug-likeness (QED) is 0.869. The van der Waals surface area contributed by atoms with Crippen molar-refractivity contribution in [3.8, 4) is 5.75 Å². The Morgan fingerprint density at radius 3 is 3.00 bits per heavy atom. The lowest BCUT2D eigenvalue weighted by Gasteiger charge is -2.30. The molecular formula is C15H19NO2. The van der Waals surface area contributed by atoms with Gasteiger partial charge in [0.15, 0.2) is 0 Å². The lowest BCUT2D eigenvalue weighted by molar-refractivity contribution is -0.127. The number of nitrogens with one attached hydrogen (secondary N) is 1. The van der Waals surface area contributed by atoms with Crippen molar-refractivity contribution >= 4 is 5.91 Å². The fourth-order valence-corrected chi connectivity index (χ4v) is 3.06. The normalized spacial score (nSPS) is 27.0. The summed E-state index contributed by atoms with van der Waals surface area (Å²) in [7, 11) is 0. The molecule has 1 N–H and O–H groups in total. The van der Waals surface area contributed by atoms with Gasteiger partial charge in [0.2, 0.25) is 5.91 Å². The summed E-state index contributed by atoms with van der Waals surface area (Å²) in [4.78, 5) is 11.8. The number of piperidine rings is 1. The van der Waals surface area contributed by atoms with Gasteiger partial charge in [-0.3, -0.25) is 4.79 Å². The molecule has 18 heavy (non-hydrogen) atoms. The number of carbonyl (C=O) groups is 1. The molecule has 0 saturated carbocycles. The molecule has 96 valence electrons. The van der Waals surface area contributed by atoms with Crippen LogP contribution in [0.15, 0.2) is 24.3 Å². The van der Waals surface area contributed by atoms with Crippen LogP contribution < -0.4 is 10.1 Å². The highest BCUT2D eigenvalue weighted by molar-refractivity contribution is 5.79. The first-order valence-electron chi connectivity index (χ1n) is 6.84. The van der Waals surface area contributed by atoms with Crippen molar-refractivity contribution in [3.05, 3.63) is 29.8 Å². The predicted molar refractivity (Wildman–Crippen MR) is 69.6 cm³/mol. The van der Waals surface area contributed by atoms with Crippen LogP contribution in [0, 0.1) is 5.92 Å². The molecule has 3 nitrogen and oxygen atoms in total. The third kappa shape index (κ3) is 2.22. The number of fused-ring (bicyclic) bond motifs is 1. The van der Waals surface area contributed by atoms with E-state index < -0.39 is 0 Å². The van der Waals surface area contributed by atoms with E-state index in [2.05, 4.69) is 17.4 Å². The Morgan fingerprint density at radius 1 is 1.22 bits per heavy atom. The summed E-state index contributed by atoms with van der Waals surface area (Å²) in [6.07, 6.45) is 4.14. The average Bonchev–Trinajstić information content (AvgIpc) is 2.42. The molecule has 0 spiro atoms. The van der Waals surface area contributed by atoms with Crippen LogP contribution in [0.2, 0.25) is 0 Å². The highest BCUT2D eigenvalue weighted by Gasteiger charge is 2.29. The van der Waals surface area contributed by atoms with E-state index in [0.29, 0.717) is 5.92 Å². The van der Waals surface area contributed by atoms with Gasteiger partial charge in [0, 0.05) is 12.5 Å². The van der Waals surface area contributed by atoms with Crippen molar-refractivity contribution in [2.75, 3.05) is 13.2 Å². The zero-order valence-corrected chi connectivity index (χ0v) is 10.5. The third-order valence-electron chi connectivity index (χ3n) is 4.05. The van der Waals surface area contributed by atoms with Crippen molar-refractivity contribution in [2.45, 2.75) is 31.6 Å². The van der Waals surface area contributed by atoms with Crippen LogP contribution in [0.4, 0.5) is 0 Å². The van der Waals surface area contributed by atoms with Gasteiger partial charge in [-0.1, -0.05) is 18.2 Å². The largest absolute Gasteiger partial charge is 0.493 e. The predicted octanol–water partition coefficient (Wildman–Crippen LogP) is 2.47. The fourth-order valence-electron chi connectivity index (χ4n) is 3.06. The minimum atomic E-state index is 0.190. The van der Waals surface area contributed by atoms with Crippen LogP contribution in [-0.2, 0) is 4.79 Å². The van der Waals surface area contributed by atoms with Crippen molar-refractivity contribution in [3.63, 3.8) is 0 Å². The van der Waals surface area contributed by atoms with E-state index in [1.54, 1.807) is 0 Å². The molecule has 0 bridgehead atoms. The summed E-state index contributed by atoms with van der Waals surface area (Å²) in [6.45, 7) is 1.62. The first kappa shape index (κ1) is 11.6. The maximum absolute atomic E-state index is 11.8. The summed E-state index contributed by atoms with van der Waals surface area (Å²) in [5.74, 6) is 1.91. The minimum absolute atomic E-state index is 0.190. The van der Waals surface area contributed by atoms with Crippen molar-refractivity contribution in [1.82, 2.24) is 5.32 Å². The zero-order chi connectivity index (χ0) is 12.4. The van der Waals surface area contributed by atoms with E-state index in [1.165, 1.54) is 5.56 Å². The van der Waals surface area contributed by atoms with Crippen LogP contribution in [0.3, 0.4) is 0 Å². The molecular weight excluding hydrogens is 226 g/mol. The van der Waals surface area contributed by atoms with Crippen LogP contribution >= 0.6 is 0 Å². The Labute approximate surface area is 108 Å². The molecule has 3 heteroatoms. The molecule has 3 rings (SSSR count). The van der Waals surface area contributed by atoms with E-state index in [-0.39, 0.29) is 11.8 Å². The van der Waals surface area contributed by atoms with Crippen LogP contribution in [0.25, 0.3) is 0 Å². The van der Waals surface area contributed by atoms with Gasteiger partial charge in [-0.15, -0.1) is 0 Å². The number of amides is 1. The lowest BCUT2D eigenvalue weighted by Crippen LogP contribution is -2.37. The summed E-state index contributed by atoms with van der Waals surface area (Å²) >= 11 is 0. The topological polar surface area (TPSA) is 38.3 Å². The van der Waals surface area contributed by atoms with Crippen molar-refractivity contribution in [2.24, 2.45) is 5.92 Å². The SMILES string of the molecule is O=C1NCCCC1CC1CCOc2ccccc21. The lowest BCUT2D eigenvalue weighted by atomic mass is 9.82. The molecule has 1 amide bonds. The van der Waals surface area contributed by atoms with Gasteiger partial charge in [0.05, 0.1) is 6.61 Å². The van der Waals surface area contributed by atoms with E-state index in [1.807, 2.05) is 12.1 Å². The van der Waals surface area contributed by atoms with Crippen LogP contribution in [0.5, 0.6) is 5.75 Å². The molecule has 2 unspecified atom stereocenters. The summed E-state index contributed by atoms with van der Waals surface area (Å²) < 4.78 is 5.67. The molecule has 1 aromatic rings. The van der Waals surface area contributed by atoms with Gasteiger partial charge in [-0.25, -0.2) is 0 Å². The summed E-state index contributed by atoms with van der Waals surface area (Å²) in [5.41, 5.74) is 1.28. The standard InChI is InChI=1S/C15H19NO2/c17-15-12(4-3-8-16-15)10-11-7-9-18-14-6-2-1-5-13(11)14/h1-2,5-6,11-12H,3-4,7-10H2,(H,16,17). The molecule has 2 heterocycles. The molecule has 2 atom stereocenters. The first-order valence-corrected chi connectivity index (χ1v) is 6.84. The molecule has 1 fully saturated rings. The molecule has 1 aromatic carbocycles. The summed E-state index contributed by atoms with van der Waals surface area (Å²) in [5, 5.41) is 2.98. The Hall–Kier alpha value is -1.51. The average molecular weight is 245 g/mol. The van der Waals surface area contributed by atoms with E-state index in [4.69, 9.17) is 4.74 Å². The molecule has 2 aliphatic rings. The van der Waals surface area contributed by atoms with Gasteiger partial charge in [0.25, 0.3) is 0 Å². The maximum atomic E-state index is 11.8. The second-order valence-electron chi connectivity index (χ2n) is 5.24. The highest BCUT2D eigenvalue weighted by Crippen LogP contribution is 2.38. The molecule has 0 radical (unpaired) electrons. The van der Waals surface area contributed by atoms with Gasteiger partial charge >= 0.3 is 0 Å². The van der Waals surface area contributed by atoms with E-state index in [0.717, 1.165) is 44.6 Å². The number of carbonyl (C=O) groups excluding carboxylic acids is 1. The van der Waals surface area contributed by atoms with Crippen LogP contribution in [-0.4, -0.2) is 19.1 Å². The zero-order valence-electron chi connectivity index (χ0n) is 10.5. The van der Waals surface area contributed by atoms with Crippen molar-refractivity contribution in [1.29, 1.82) is 0 Å². The second-order valence-corrected chi connectivity index (χ2v) is 5.24. The number of para-hydroxylation sites is 1. The molecule has 0 aromatic heterocycles. The summed E-state index contributed by atoms with van der Waals surface area (Å²) in [6, 6.07) is 8.23. The van der Waals surface area contributed by atoms with Gasteiger partial charge in [-0.05, 0) is 43.2 Å². The Bertz CT molecular complexity index is 444. The number of hydrogen-bond acceptors (Lipinski definition) is 2. The van der Waals surface area contributed by atoms with Gasteiger partial charge in [-0.2, -0.15) is 0 Å². The Morgan fingerprint density at radius 2 is 2.11 bits per heavy atom. The number of rotatable bonds is 2. The molecule has 0 aliphatic carbocycles. The number of ether oxygens (including phenoxy) is 1. The van der Waals surface area contributed by atoms with E-state index in [9.17, 15) is 4.79 Å². The van der Waals surface area contributed by atoms with Crippen LogP contribution in [0.1, 0.15) is 37.2 Å². The van der Waals surface area contributed by atoms with Crippen molar-refractivity contribution < 1.29 is 9.53 Å². The Kier molecular flexibility index (Phi) is 3.22. The van der Waals surface area contributed by atoms with Gasteiger partial charge in [0.1, 0.15) is 5.75 Å². The van der Waals surface area contributed by atoms with E-state index >= 15 is 0 Å². The minimum Gasteiger partial charge on any atom is -0.493 e. The Balaban J connectivity index is 1.75. The number of benzene rings is 1. The molecule has 1 saturated heterocycles. The fraction of sp³-hybridized carbons (Fsp3) is 0.533. The highest BCUT2D eigenvalue weighted by atomic mass is 16.5. The monoisotopic (exact) mass is 245 g/mol. The van der Waals surface area contributed by atoms with Gasteiger partial charge < -0.3 is 10.1 Å². The maximum Gasteiger partial charge on any atom is 0.223 e. The third-order valence-corrected chi connectivity index (χ3v) is 4.05. The smallest absolute Gasteiger partial charge is 0.223 e. The first-order chi connectivity index (χ1) is 8.84.